The molecule has 0 aromatic heterocycles. The number of carbonyl (C=O) groups excluding carboxylic acids is 2. The van der Waals surface area contributed by atoms with E-state index in [4.69, 9.17) is 27.9 Å². The number of carbonyl (C=O) groups is 2. The molecule has 0 fully saturated rings. The SMILES string of the molecule is COC(=O)c1ccc(Cl)c(NC(=O)CN(c2cccc(Cl)c2)S(=O)(=O)c2ccc(OC)cc2)c1. The van der Waals surface area contributed by atoms with Crippen LogP contribution in [0.25, 0.3) is 0 Å². The van der Waals surface area contributed by atoms with Gasteiger partial charge in [-0.1, -0.05) is 29.3 Å². The Labute approximate surface area is 207 Å². The normalized spacial score (nSPS) is 10.9. The molecule has 0 aliphatic carbocycles. The summed E-state index contributed by atoms with van der Waals surface area (Å²) in [6, 6.07) is 16.1. The number of ether oxygens (including phenoxy) is 2. The third-order valence-corrected chi connectivity index (χ3v) is 7.05. The fraction of sp³-hybridized carbons (Fsp3) is 0.130. The first-order chi connectivity index (χ1) is 16.1. The zero-order valence-electron chi connectivity index (χ0n) is 18.1. The second-order valence-electron chi connectivity index (χ2n) is 6.90. The van der Waals surface area contributed by atoms with E-state index in [1.54, 1.807) is 12.1 Å². The third kappa shape index (κ3) is 5.80. The fourth-order valence-electron chi connectivity index (χ4n) is 3.01. The second-order valence-corrected chi connectivity index (χ2v) is 9.61. The summed E-state index contributed by atoms with van der Waals surface area (Å²) in [6.45, 7) is -0.590. The van der Waals surface area contributed by atoms with Gasteiger partial charge in [0, 0.05) is 5.02 Å². The summed E-state index contributed by atoms with van der Waals surface area (Å²) in [5.41, 5.74) is 0.482. The van der Waals surface area contributed by atoms with Crippen LogP contribution < -0.4 is 14.4 Å². The van der Waals surface area contributed by atoms with Crippen molar-refractivity contribution in [3.05, 3.63) is 82.3 Å². The molecule has 1 N–H and O–H groups in total. The van der Waals surface area contributed by atoms with Gasteiger partial charge >= 0.3 is 5.97 Å². The quantitative estimate of drug-likeness (QED) is 0.433. The van der Waals surface area contributed by atoms with Crippen LogP contribution in [0, 0.1) is 0 Å². The molecule has 3 rings (SSSR count). The van der Waals surface area contributed by atoms with Crippen molar-refractivity contribution >= 4 is 56.5 Å². The Morgan fingerprint density at radius 1 is 0.971 bits per heavy atom. The van der Waals surface area contributed by atoms with Crippen LogP contribution in [0.1, 0.15) is 10.4 Å². The molecule has 11 heteroatoms. The molecule has 178 valence electrons. The average molecular weight is 523 g/mol. The van der Waals surface area contributed by atoms with Gasteiger partial charge in [-0.2, -0.15) is 0 Å². The molecule has 0 aliphatic heterocycles. The van der Waals surface area contributed by atoms with Crippen molar-refractivity contribution in [2.24, 2.45) is 0 Å². The van der Waals surface area contributed by atoms with Crippen LogP contribution in [0.4, 0.5) is 11.4 Å². The van der Waals surface area contributed by atoms with E-state index in [1.165, 1.54) is 68.8 Å². The number of nitrogens with zero attached hydrogens (tertiary/aromatic N) is 1. The molecule has 0 atom stereocenters. The maximum absolute atomic E-state index is 13.5. The number of rotatable bonds is 8. The Morgan fingerprint density at radius 2 is 1.68 bits per heavy atom. The van der Waals surface area contributed by atoms with E-state index in [9.17, 15) is 18.0 Å². The number of benzene rings is 3. The van der Waals surface area contributed by atoms with Crippen molar-refractivity contribution < 1.29 is 27.5 Å². The van der Waals surface area contributed by atoms with Crippen LogP contribution in [0.5, 0.6) is 5.75 Å². The van der Waals surface area contributed by atoms with Crippen molar-refractivity contribution in [2.45, 2.75) is 4.90 Å². The summed E-state index contributed by atoms with van der Waals surface area (Å²) in [6.07, 6.45) is 0. The van der Waals surface area contributed by atoms with Crippen LogP contribution in [0.3, 0.4) is 0 Å². The highest BCUT2D eigenvalue weighted by atomic mass is 35.5. The molecular formula is C23H20Cl2N2O6S. The minimum Gasteiger partial charge on any atom is -0.497 e. The number of sulfonamides is 1. The van der Waals surface area contributed by atoms with Gasteiger partial charge in [0.2, 0.25) is 5.91 Å². The molecule has 0 spiro atoms. The molecule has 0 saturated carbocycles. The highest BCUT2D eigenvalue weighted by Gasteiger charge is 2.28. The predicted octanol–water partition coefficient (Wildman–Crippen LogP) is 4.62. The molecule has 0 saturated heterocycles. The molecule has 1 amide bonds. The zero-order chi connectivity index (χ0) is 24.9. The largest absolute Gasteiger partial charge is 0.497 e. The summed E-state index contributed by atoms with van der Waals surface area (Å²) in [5.74, 6) is -0.832. The van der Waals surface area contributed by atoms with Crippen LogP contribution >= 0.6 is 23.2 Å². The highest BCUT2D eigenvalue weighted by molar-refractivity contribution is 7.92. The molecule has 34 heavy (non-hydrogen) atoms. The van der Waals surface area contributed by atoms with E-state index >= 15 is 0 Å². The molecule has 0 unspecified atom stereocenters. The number of amides is 1. The van der Waals surface area contributed by atoms with Gasteiger partial charge in [0.25, 0.3) is 10.0 Å². The van der Waals surface area contributed by atoms with Crippen LogP contribution in [0.15, 0.2) is 71.6 Å². The topological polar surface area (TPSA) is 102 Å². The number of nitrogens with one attached hydrogen (secondary N) is 1. The monoisotopic (exact) mass is 522 g/mol. The summed E-state index contributed by atoms with van der Waals surface area (Å²) < 4.78 is 37.6. The lowest BCUT2D eigenvalue weighted by Gasteiger charge is -2.24. The lowest BCUT2D eigenvalue weighted by Crippen LogP contribution is -2.38. The van der Waals surface area contributed by atoms with Crippen molar-refractivity contribution in [2.75, 3.05) is 30.4 Å². The Balaban J connectivity index is 1.95. The Bertz CT molecular complexity index is 1310. The lowest BCUT2D eigenvalue weighted by molar-refractivity contribution is -0.114. The second kappa shape index (κ2) is 10.8. The first-order valence-corrected chi connectivity index (χ1v) is 12.0. The standard InChI is InChI=1S/C23H20Cl2N2O6S/c1-32-18-7-9-19(10-8-18)34(30,31)27(17-5-3-4-16(24)13-17)14-22(28)26-21-12-15(23(29)33-2)6-11-20(21)25/h3-13H,14H2,1-2H3,(H,26,28). The number of hydrogen-bond acceptors (Lipinski definition) is 6. The Hall–Kier alpha value is -3.27. The third-order valence-electron chi connectivity index (χ3n) is 4.69. The van der Waals surface area contributed by atoms with Crippen molar-refractivity contribution in [3.63, 3.8) is 0 Å². The van der Waals surface area contributed by atoms with Gasteiger partial charge in [-0.05, 0) is 60.7 Å². The fourth-order valence-corrected chi connectivity index (χ4v) is 4.77. The Morgan fingerprint density at radius 3 is 2.29 bits per heavy atom. The molecule has 0 aliphatic rings. The van der Waals surface area contributed by atoms with Crippen LogP contribution in [-0.2, 0) is 19.6 Å². The van der Waals surface area contributed by atoms with Gasteiger partial charge in [-0.15, -0.1) is 0 Å². The minimum atomic E-state index is -4.17. The van der Waals surface area contributed by atoms with E-state index in [0.717, 1.165) is 4.31 Å². The van der Waals surface area contributed by atoms with E-state index in [2.05, 4.69) is 10.1 Å². The van der Waals surface area contributed by atoms with E-state index in [0.29, 0.717) is 10.8 Å². The maximum atomic E-state index is 13.5. The predicted molar refractivity (Wildman–Crippen MR) is 130 cm³/mol. The van der Waals surface area contributed by atoms with Gasteiger partial charge < -0.3 is 14.8 Å². The first-order valence-electron chi connectivity index (χ1n) is 9.76. The van der Waals surface area contributed by atoms with Gasteiger partial charge in [0.1, 0.15) is 12.3 Å². The van der Waals surface area contributed by atoms with E-state index in [1.807, 2.05) is 0 Å². The zero-order valence-corrected chi connectivity index (χ0v) is 20.4. The number of anilines is 2. The van der Waals surface area contributed by atoms with Gasteiger partial charge in [-0.3, -0.25) is 9.10 Å². The number of hydrogen-bond donors (Lipinski definition) is 1. The number of esters is 1. The van der Waals surface area contributed by atoms with Gasteiger partial charge in [0.05, 0.1) is 41.1 Å². The van der Waals surface area contributed by atoms with Crippen molar-refractivity contribution in [1.29, 1.82) is 0 Å². The molecule has 8 nitrogen and oxygen atoms in total. The van der Waals surface area contributed by atoms with Crippen LogP contribution in [-0.4, -0.2) is 41.1 Å². The summed E-state index contributed by atoms with van der Waals surface area (Å²) >= 11 is 12.2. The molecule has 3 aromatic carbocycles. The molecular weight excluding hydrogens is 503 g/mol. The smallest absolute Gasteiger partial charge is 0.337 e. The summed E-state index contributed by atoms with van der Waals surface area (Å²) in [4.78, 5) is 24.7. The number of methoxy groups -OCH3 is 2. The lowest BCUT2D eigenvalue weighted by atomic mass is 10.2. The van der Waals surface area contributed by atoms with Crippen LogP contribution in [0.2, 0.25) is 10.0 Å². The highest BCUT2D eigenvalue weighted by Crippen LogP contribution is 2.28. The summed E-state index contributed by atoms with van der Waals surface area (Å²) in [5, 5.41) is 3.00. The molecule has 0 radical (unpaired) electrons. The molecule has 0 bridgehead atoms. The molecule has 3 aromatic rings. The maximum Gasteiger partial charge on any atom is 0.337 e. The van der Waals surface area contributed by atoms with E-state index < -0.39 is 28.4 Å². The van der Waals surface area contributed by atoms with Gasteiger partial charge in [-0.25, -0.2) is 13.2 Å². The summed E-state index contributed by atoms with van der Waals surface area (Å²) in [7, 11) is -1.48. The van der Waals surface area contributed by atoms with Crippen molar-refractivity contribution in [3.8, 4) is 5.75 Å². The molecule has 0 heterocycles. The number of halogens is 2. The minimum absolute atomic E-state index is 0.0493. The van der Waals surface area contributed by atoms with Gasteiger partial charge in [0.15, 0.2) is 0 Å². The first kappa shape index (κ1) is 25.4. The van der Waals surface area contributed by atoms with Crippen molar-refractivity contribution in [1.82, 2.24) is 0 Å². The average Bonchev–Trinajstić information content (AvgIpc) is 2.83. The Kier molecular flexibility index (Phi) is 8.03. The van der Waals surface area contributed by atoms with E-state index in [-0.39, 0.29) is 26.9 Å².